The summed E-state index contributed by atoms with van der Waals surface area (Å²) in [4.78, 5) is 11.3. The normalized spacial score (nSPS) is 11.4. The maximum absolute atomic E-state index is 11.3. The molecule has 0 aliphatic carbocycles. The molecule has 1 aromatic carbocycles. The maximum Gasteiger partial charge on any atom is 0.330 e. The fraction of sp³-hybridized carbons (Fsp3) is 0.273. The Labute approximate surface area is 107 Å². The van der Waals surface area contributed by atoms with E-state index in [0.29, 0.717) is 15.7 Å². The topological polar surface area (TPSA) is 82.3 Å². The first-order chi connectivity index (χ1) is 8.12. The monoisotopic (exact) mass is 298 g/mol. The van der Waals surface area contributed by atoms with E-state index < -0.39 is 12.0 Å². The number of anilines is 1. The van der Waals surface area contributed by atoms with Crippen LogP contribution < -0.4 is 5.32 Å². The first-order valence-electron chi connectivity index (χ1n) is 4.77. The van der Waals surface area contributed by atoms with Crippen LogP contribution in [0, 0.1) is 11.3 Å². The van der Waals surface area contributed by atoms with Crippen LogP contribution in [0.5, 0.6) is 0 Å². The van der Waals surface area contributed by atoms with Crippen molar-refractivity contribution in [2.75, 3.05) is 19.0 Å². The number of nitrogens with zero attached hydrogens (tertiary/aromatic N) is 1. The van der Waals surface area contributed by atoms with Crippen molar-refractivity contribution in [2.24, 2.45) is 0 Å². The third-order valence-corrected chi connectivity index (χ3v) is 2.75. The predicted molar refractivity (Wildman–Crippen MR) is 65.4 cm³/mol. The molecular weight excluding hydrogens is 288 g/mol. The summed E-state index contributed by atoms with van der Waals surface area (Å²) in [7, 11) is 1.25. The number of benzene rings is 1. The number of aliphatic hydroxyl groups excluding tert-OH is 1. The van der Waals surface area contributed by atoms with Crippen molar-refractivity contribution < 1.29 is 14.6 Å². The fourth-order valence-corrected chi connectivity index (χ4v) is 1.70. The summed E-state index contributed by atoms with van der Waals surface area (Å²) in [5, 5.41) is 20.6. The summed E-state index contributed by atoms with van der Waals surface area (Å²) in [5.74, 6) is -0.552. The number of aliphatic hydroxyl groups is 1. The van der Waals surface area contributed by atoms with Crippen LogP contribution in [0.1, 0.15) is 5.56 Å². The molecule has 1 unspecified atom stereocenters. The highest BCUT2D eigenvalue weighted by atomic mass is 79.9. The lowest BCUT2D eigenvalue weighted by atomic mass is 10.2. The van der Waals surface area contributed by atoms with E-state index in [1.54, 1.807) is 18.2 Å². The molecule has 17 heavy (non-hydrogen) atoms. The molecule has 0 amide bonds. The van der Waals surface area contributed by atoms with E-state index in [4.69, 9.17) is 10.4 Å². The lowest BCUT2D eigenvalue weighted by Gasteiger charge is -2.16. The van der Waals surface area contributed by atoms with E-state index in [2.05, 4.69) is 26.0 Å². The molecule has 0 aromatic heterocycles. The zero-order valence-electron chi connectivity index (χ0n) is 9.11. The number of rotatable bonds is 4. The molecule has 0 aliphatic heterocycles. The number of ether oxygens (including phenoxy) is 1. The van der Waals surface area contributed by atoms with Crippen LogP contribution in [-0.2, 0) is 9.53 Å². The van der Waals surface area contributed by atoms with Crippen molar-refractivity contribution >= 4 is 27.6 Å². The molecule has 0 bridgehead atoms. The van der Waals surface area contributed by atoms with Crippen LogP contribution in [0.3, 0.4) is 0 Å². The Bertz CT molecular complexity index is 457. The first kappa shape index (κ1) is 13.5. The van der Waals surface area contributed by atoms with Crippen LogP contribution >= 0.6 is 15.9 Å². The summed E-state index contributed by atoms with van der Waals surface area (Å²) in [6, 6.07) is 6.04. The molecule has 1 atom stereocenters. The number of methoxy groups -OCH3 is 1. The summed E-state index contributed by atoms with van der Waals surface area (Å²) >= 11 is 3.27. The van der Waals surface area contributed by atoms with Crippen molar-refractivity contribution in [3.63, 3.8) is 0 Å². The molecule has 0 aliphatic rings. The third kappa shape index (κ3) is 3.44. The highest BCUT2D eigenvalue weighted by Gasteiger charge is 2.18. The van der Waals surface area contributed by atoms with Gasteiger partial charge in [-0.1, -0.05) is 0 Å². The number of carbonyl (C=O) groups excluding carboxylic acids is 1. The molecule has 0 saturated heterocycles. The number of hydrogen-bond acceptors (Lipinski definition) is 5. The van der Waals surface area contributed by atoms with E-state index in [0.717, 1.165) is 0 Å². The van der Waals surface area contributed by atoms with E-state index in [1.165, 1.54) is 7.11 Å². The average Bonchev–Trinajstić information content (AvgIpc) is 2.36. The van der Waals surface area contributed by atoms with Gasteiger partial charge in [-0.3, -0.25) is 0 Å². The van der Waals surface area contributed by atoms with E-state index in [9.17, 15) is 4.79 Å². The largest absolute Gasteiger partial charge is 0.467 e. The Morgan fingerprint density at radius 1 is 1.71 bits per heavy atom. The summed E-state index contributed by atoms with van der Waals surface area (Å²) in [6.07, 6.45) is 0. The van der Waals surface area contributed by atoms with E-state index in [1.807, 2.05) is 6.07 Å². The van der Waals surface area contributed by atoms with Gasteiger partial charge >= 0.3 is 5.97 Å². The zero-order valence-corrected chi connectivity index (χ0v) is 10.7. The molecule has 0 fully saturated rings. The van der Waals surface area contributed by atoms with Crippen LogP contribution in [0.4, 0.5) is 5.69 Å². The molecule has 1 aromatic rings. The van der Waals surface area contributed by atoms with Gasteiger partial charge in [0.25, 0.3) is 0 Å². The number of nitriles is 1. The Morgan fingerprint density at radius 2 is 2.41 bits per heavy atom. The fourth-order valence-electron chi connectivity index (χ4n) is 1.21. The highest BCUT2D eigenvalue weighted by molar-refractivity contribution is 9.10. The SMILES string of the molecule is COC(=O)C(CO)Nc1ccc(C#N)cc1Br. The Kier molecular flexibility index (Phi) is 4.94. The second kappa shape index (κ2) is 6.23. The smallest absolute Gasteiger partial charge is 0.330 e. The molecule has 0 heterocycles. The van der Waals surface area contributed by atoms with Crippen molar-refractivity contribution in [3.05, 3.63) is 28.2 Å². The predicted octanol–water partition coefficient (Wildman–Crippen LogP) is 1.27. The van der Waals surface area contributed by atoms with Crippen LogP contribution in [0.15, 0.2) is 22.7 Å². The second-order valence-corrected chi connectivity index (χ2v) is 4.06. The van der Waals surface area contributed by atoms with Crippen molar-refractivity contribution in [1.82, 2.24) is 0 Å². The van der Waals surface area contributed by atoms with Gasteiger partial charge in [0.15, 0.2) is 0 Å². The molecular formula is C11H11BrN2O3. The quantitative estimate of drug-likeness (QED) is 0.818. The van der Waals surface area contributed by atoms with Gasteiger partial charge in [0, 0.05) is 10.2 Å². The van der Waals surface area contributed by atoms with Crippen LogP contribution in [0.25, 0.3) is 0 Å². The molecule has 5 nitrogen and oxygen atoms in total. The average molecular weight is 299 g/mol. The van der Waals surface area contributed by atoms with Gasteiger partial charge in [-0.05, 0) is 34.1 Å². The minimum absolute atomic E-state index is 0.376. The van der Waals surface area contributed by atoms with E-state index >= 15 is 0 Å². The molecule has 6 heteroatoms. The van der Waals surface area contributed by atoms with Crippen molar-refractivity contribution in [1.29, 1.82) is 5.26 Å². The minimum Gasteiger partial charge on any atom is -0.467 e. The standard InChI is InChI=1S/C11H11BrN2O3/c1-17-11(16)10(6-15)14-9-3-2-7(5-13)4-8(9)12/h2-4,10,14-15H,6H2,1H3. The highest BCUT2D eigenvalue weighted by Crippen LogP contribution is 2.24. The summed E-state index contributed by atoms with van der Waals surface area (Å²) in [5.41, 5.74) is 1.11. The first-order valence-corrected chi connectivity index (χ1v) is 5.56. The van der Waals surface area contributed by atoms with Gasteiger partial charge < -0.3 is 15.2 Å². The molecule has 0 spiro atoms. The molecule has 0 saturated carbocycles. The van der Waals surface area contributed by atoms with Crippen molar-refractivity contribution in [3.8, 4) is 6.07 Å². The van der Waals surface area contributed by atoms with Gasteiger partial charge in [0.05, 0.1) is 25.3 Å². The number of hydrogen-bond donors (Lipinski definition) is 2. The Morgan fingerprint density at radius 3 is 2.88 bits per heavy atom. The second-order valence-electron chi connectivity index (χ2n) is 3.21. The lowest BCUT2D eigenvalue weighted by molar-refractivity contribution is -0.142. The van der Waals surface area contributed by atoms with Crippen LogP contribution in [-0.4, -0.2) is 30.8 Å². The molecule has 1 rings (SSSR count). The minimum atomic E-state index is -0.829. The van der Waals surface area contributed by atoms with Gasteiger partial charge in [-0.15, -0.1) is 0 Å². The Balaban J connectivity index is 2.87. The third-order valence-electron chi connectivity index (χ3n) is 2.10. The molecule has 0 radical (unpaired) electrons. The lowest BCUT2D eigenvalue weighted by Crippen LogP contribution is -2.34. The van der Waals surface area contributed by atoms with Crippen LogP contribution in [0.2, 0.25) is 0 Å². The van der Waals surface area contributed by atoms with Gasteiger partial charge in [0.2, 0.25) is 0 Å². The van der Waals surface area contributed by atoms with Gasteiger partial charge in [-0.2, -0.15) is 5.26 Å². The number of carbonyl (C=O) groups is 1. The molecule has 2 N–H and O–H groups in total. The Hall–Kier alpha value is -1.58. The summed E-state index contributed by atoms with van der Waals surface area (Å²) < 4.78 is 5.17. The summed E-state index contributed by atoms with van der Waals surface area (Å²) in [6.45, 7) is -0.376. The zero-order chi connectivity index (χ0) is 12.8. The molecule has 90 valence electrons. The van der Waals surface area contributed by atoms with Gasteiger partial charge in [-0.25, -0.2) is 4.79 Å². The van der Waals surface area contributed by atoms with Gasteiger partial charge in [0.1, 0.15) is 6.04 Å². The van der Waals surface area contributed by atoms with Crippen molar-refractivity contribution in [2.45, 2.75) is 6.04 Å². The number of nitrogens with one attached hydrogen (secondary N) is 1. The number of halogens is 1. The number of esters is 1. The van der Waals surface area contributed by atoms with E-state index in [-0.39, 0.29) is 6.61 Å². The maximum atomic E-state index is 11.3.